The van der Waals surface area contributed by atoms with Gasteiger partial charge in [0.05, 0.1) is 17.9 Å². The summed E-state index contributed by atoms with van der Waals surface area (Å²) in [5, 5.41) is 3.38. The van der Waals surface area contributed by atoms with Crippen LogP contribution in [0.5, 0.6) is 11.5 Å². The number of ether oxygens (including phenoxy) is 1. The van der Waals surface area contributed by atoms with Crippen LogP contribution in [0.3, 0.4) is 0 Å². The Morgan fingerprint density at radius 2 is 1.83 bits per heavy atom. The van der Waals surface area contributed by atoms with Gasteiger partial charge < -0.3 is 20.7 Å². The lowest BCUT2D eigenvalue weighted by Crippen LogP contribution is -2.40. The molecule has 0 spiro atoms. The maximum atomic E-state index is 14.7. The van der Waals surface area contributed by atoms with Crippen molar-refractivity contribution in [1.82, 2.24) is 9.88 Å². The normalized spacial score (nSPS) is 18.0. The van der Waals surface area contributed by atoms with Gasteiger partial charge in [-0.2, -0.15) is 0 Å². The predicted octanol–water partition coefficient (Wildman–Crippen LogP) is 4.57. The highest BCUT2D eigenvalue weighted by Crippen LogP contribution is 2.31. The van der Waals surface area contributed by atoms with Crippen molar-refractivity contribution < 1.29 is 9.13 Å². The van der Waals surface area contributed by atoms with E-state index >= 15 is 0 Å². The molecule has 1 saturated heterocycles. The molecule has 0 radical (unpaired) electrons. The Bertz CT molecular complexity index is 965. The SMILES string of the molecule is CN1CCCC(Nc2c(F)cncc2C(N)c2ccc(Oc3ccccc3)cc2)C1. The molecule has 2 atom stereocenters. The highest BCUT2D eigenvalue weighted by Gasteiger charge is 2.22. The van der Waals surface area contributed by atoms with E-state index in [9.17, 15) is 4.39 Å². The van der Waals surface area contributed by atoms with Gasteiger partial charge in [-0.25, -0.2) is 4.39 Å². The molecular weight excluding hydrogens is 379 g/mol. The third-order valence-electron chi connectivity index (χ3n) is 5.46. The van der Waals surface area contributed by atoms with Crippen molar-refractivity contribution in [2.24, 2.45) is 5.73 Å². The van der Waals surface area contributed by atoms with Gasteiger partial charge in [0.15, 0.2) is 5.82 Å². The number of piperidine rings is 1. The fourth-order valence-corrected chi connectivity index (χ4v) is 3.87. The number of para-hydroxylation sites is 1. The molecule has 156 valence electrons. The van der Waals surface area contributed by atoms with Crippen molar-refractivity contribution in [3.05, 3.63) is 83.9 Å². The molecule has 2 unspecified atom stereocenters. The molecule has 0 aliphatic carbocycles. The molecule has 4 rings (SSSR count). The van der Waals surface area contributed by atoms with Crippen molar-refractivity contribution in [2.75, 3.05) is 25.5 Å². The van der Waals surface area contributed by atoms with Gasteiger partial charge in [-0.1, -0.05) is 30.3 Å². The first-order valence-corrected chi connectivity index (χ1v) is 10.3. The van der Waals surface area contributed by atoms with Gasteiger partial charge in [0.25, 0.3) is 0 Å². The molecule has 1 aromatic heterocycles. The number of aromatic nitrogens is 1. The minimum Gasteiger partial charge on any atom is -0.457 e. The van der Waals surface area contributed by atoms with E-state index in [2.05, 4.69) is 22.2 Å². The third-order valence-corrected chi connectivity index (χ3v) is 5.46. The van der Waals surface area contributed by atoms with Crippen LogP contribution in [-0.4, -0.2) is 36.1 Å². The minimum absolute atomic E-state index is 0.188. The second-order valence-corrected chi connectivity index (χ2v) is 7.79. The van der Waals surface area contributed by atoms with Gasteiger partial charge in [0.2, 0.25) is 0 Å². The zero-order valence-corrected chi connectivity index (χ0v) is 17.1. The number of hydrogen-bond donors (Lipinski definition) is 2. The van der Waals surface area contributed by atoms with E-state index in [0.29, 0.717) is 11.3 Å². The number of rotatable bonds is 6. The highest BCUT2D eigenvalue weighted by atomic mass is 19.1. The smallest absolute Gasteiger partial charge is 0.164 e. The number of pyridine rings is 1. The third kappa shape index (κ3) is 4.78. The predicted molar refractivity (Wildman–Crippen MR) is 117 cm³/mol. The average molecular weight is 407 g/mol. The lowest BCUT2D eigenvalue weighted by Gasteiger charge is -2.32. The van der Waals surface area contributed by atoms with E-state index in [-0.39, 0.29) is 11.9 Å². The van der Waals surface area contributed by atoms with E-state index in [0.717, 1.165) is 43.0 Å². The molecule has 6 heteroatoms. The van der Waals surface area contributed by atoms with Crippen molar-refractivity contribution in [2.45, 2.75) is 24.9 Å². The number of nitrogens with zero attached hydrogens (tertiary/aromatic N) is 2. The van der Waals surface area contributed by atoms with Gasteiger partial charge in [0.1, 0.15) is 11.5 Å². The van der Waals surface area contributed by atoms with Crippen LogP contribution >= 0.6 is 0 Å². The Hall–Kier alpha value is -2.96. The Labute approximate surface area is 176 Å². The van der Waals surface area contributed by atoms with Crippen LogP contribution in [0.2, 0.25) is 0 Å². The van der Waals surface area contributed by atoms with Gasteiger partial charge in [0, 0.05) is 24.3 Å². The van der Waals surface area contributed by atoms with Gasteiger partial charge in [-0.05, 0) is 56.3 Å². The van der Waals surface area contributed by atoms with Crippen LogP contribution in [0.1, 0.15) is 30.0 Å². The van der Waals surface area contributed by atoms with Crippen LogP contribution in [0, 0.1) is 5.82 Å². The molecule has 30 heavy (non-hydrogen) atoms. The number of likely N-dealkylation sites (tertiary alicyclic amines) is 1. The summed E-state index contributed by atoms with van der Waals surface area (Å²) < 4.78 is 20.5. The summed E-state index contributed by atoms with van der Waals surface area (Å²) in [5.74, 6) is 1.12. The monoisotopic (exact) mass is 406 g/mol. The zero-order valence-electron chi connectivity index (χ0n) is 17.1. The lowest BCUT2D eigenvalue weighted by atomic mass is 9.98. The molecule has 1 aliphatic heterocycles. The number of anilines is 1. The van der Waals surface area contributed by atoms with Crippen molar-refractivity contribution in [3.63, 3.8) is 0 Å². The minimum atomic E-state index is -0.497. The topological polar surface area (TPSA) is 63.4 Å². The van der Waals surface area contributed by atoms with E-state index in [1.807, 2.05) is 54.6 Å². The summed E-state index contributed by atoms with van der Waals surface area (Å²) in [6.45, 7) is 1.95. The summed E-state index contributed by atoms with van der Waals surface area (Å²) in [6.07, 6.45) is 4.98. The molecule has 2 heterocycles. The molecule has 0 amide bonds. The maximum absolute atomic E-state index is 14.7. The van der Waals surface area contributed by atoms with E-state index in [1.54, 1.807) is 6.20 Å². The van der Waals surface area contributed by atoms with Gasteiger partial charge in [-0.15, -0.1) is 0 Å². The fourth-order valence-electron chi connectivity index (χ4n) is 3.87. The molecular formula is C24H27FN4O. The van der Waals surface area contributed by atoms with Gasteiger partial charge >= 0.3 is 0 Å². The molecule has 3 N–H and O–H groups in total. The number of likely N-dealkylation sites (N-methyl/N-ethyl adjacent to an activating group) is 1. The number of halogens is 1. The number of nitrogens with two attached hydrogens (primary N) is 1. The van der Waals surface area contributed by atoms with Crippen LogP contribution in [0.4, 0.5) is 10.1 Å². The molecule has 5 nitrogen and oxygen atoms in total. The summed E-state index contributed by atoms with van der Waals surface area (Å²) in [4.78, 5) is 6.30. The second-order valence-electron chi connectivity index (χ2n) is 7.79. The molecule has 0 bridgehead atoms. The first kappa shape index (κ1) is 20.3. The molecule has 1 fully saturated rings. The molecule has 3 aromatic rings. The van der Waals surface area contributed by atoms with E-state index in [4.69, 9.17) is 10.5 Å². The highest BCUT2D eigenvalue weighted by molar-refractivity contribution is 5.55. The largest absolute Gasteiger partial charge is 0.457 e. The van der Waals surface area contributed by atoms with E-state index in [1.165, 1.54) is 6.20 Å². The summed E-state index contributed by atoms with van der Waals surface area (Å²) in [5.41, 5.74) is 8.49. The average Bonchev–Trinajstić information content (AvgIpc) is 2.76. The van der Waals surface area contributed by atoms with Gasteiger partial charge in [-0.3, -0.25) is 4.98 Å². The van der Waals surface area contributed by atoms with E-state index < -0.39 is 6.04 Å². The molecule has 1 aliphatic rings. The number of hydrogen-bond acceptors (Lipinski definition) is 5. The summed E-state index contributed by atoms with van der Waals surface area (Å²) in [6, 6.07) is 16.9. The fraction of sp³-hybridized carbons (Fsp3) is 0.292. The second kappa shape index (κ2) is 9.24. The molecule has 0 saturated carbocycles. The maximum Gasteiger partial charge on any atom is 0.164 e. The van der Waals surface area contributed by atoms with Crippen LogP contribution in [0.25, 0.3) is 0 Å². The standard InChI is InChI=1S/C24H27FN4O/c1-29-13-5-6-18(16-29)28-24-21(14-27-15-22(24)25)23(26)17-9-11-20(12-10-17)30-19-7-3-2-4-8-19/h2-4,7-12,14-15,18,23H,5-6,13,16,26H2,1H3,(H,27,28). The summed E-state index contributed by atoms with van der Waals surface area (Å²) >= 11 is 0. The summed E-state index contributed by atoms with van der Waals surface area (Å²) in [7, 11) is 2.09. The van der Waals surface area contributed by atoms with Crippen LogP contribution < -0.4 is 15.8 Å². The lowest BCUT2D eigenvalue weighted by molar-refractivity contribution is 0.260. The number of nitrogens with one attached hydrogen (secondary N) is 1. The quantitative estimate of drug-likeness (QED) is 0.628. The van der Waals surface area contributed by atoms with Crippen LogP contribution in [0.15, 0.2) is 67.0 Å². The molecule has 2 aromatic carbocycles. The Morgan fingerprint density at radius 3 is 2.57 bits per heavy atom. The van der Waals surface area contributed by atoms with Crippen LogP contribution in [-0.2, 0) is 0 Å². The first-order chi connectivity index (χ1) is 14.6. The Kier molecular flexibility index (Phi) is 6.26. The van der Waals surface area contributed by atoms with Crippen molar-refractivity contribution in [1.29, 1.82) is 0 Å². The first-order valence-electron chi connectivity index (χ1n) is 10.3. The number of benzene rings is 2. The Morgan fingerprint density at radius 1 is 1.10 bits per heavy atom. The Balaban J connectivity index is 1.52. The van der Waals surface area contributed by atoms with Crippen molar-refractivity contribution >= 4 is 5.69 Å². The van der Waals surface area contributed by atoms with Crippen molar-refractivity contribution in [3.8, 4) is 11.5 Å². The zero-order chi connectivity index (χ0) is 20.9.